The van der Waals surface area contributed by atoms with E-state index in [4.69, 9.17) is 0 Å². The van der Waals surface area contributed by atoms with Gasteiger partial charge in [0, 0.05) is 38.9 Å². The maximum atomic E-state index is 12.4. The summed E-state index contributed by atoms with van der Waals surface area (Å²) in [7, 11) is 1.86. The topological polar surface area (TPSA) is 62.2 Å². The standard InChI is InChI=1S/C19H27N5O/c1-4-16-18(12-23(3)22-16)21-19(25)20-17-13-24(10-14(17)2)11-15-8-6-5-7-9-15/h5-9,12,14,17H,4,10-11,13H2,1-3H3,(H2,20,21,25)/t14-,17-/m1/s1. The van der Waals surface area contributed by atoms with Crippen LogP contribution in [0.1, 0.15) is 25.1 Å². The minimum absolute atomic E-state index is 0.152. The van der Waals surface area contributed by atoms with Crippen molar-refractivity contribution in [3.63, 3.8) is 0 Å². The lowest BCUT2D eigenvalue weighted by atomic mass is 10.1. The third kappa shape index (κ3) is 4.39. The third-order valence-corrected chi connectivity index (χ3v) is 4.74. The SMILES string of the molecule is CCc1nn(C)cc1NC(=O)N[C@@H]1CN(Cc2ccccc2)C[C@H]1C. The number of carbonyl (C=O) groups is 1. The normalized spacial score (nSPS) is 20.6. The first-order valence-corrected chi connectivity index (χ1v) is 8.91. The van der Waals surface area contributed by atoms with Crippen molar-refractivity contribution in [2.45, 2.75) is 32.9 Å². The quantitative estimate of drug-likeness (QED) is 0.879. The lowest BCUT2D eigenvalue weighted by Crippen LogP contribution is -2.42. The fourth-order valence-corrected chi connectivity index (χ4v) is 3.45. The molecule has 0 bridgehead atoms. The van der Waals surface area contributed by atoms with Gasteiger partial charge in [-0.05, 0) is 17.9 Å². The molecule has 0 spiro atoms. The van der Waals surface area contributed by atoms with Gasteiger partial charge >= 0.3 is 6.03 Å². The molecule has 2 aromatic rings. The molecule has 1 fully saturated rings. The molecule has 1 aromatic carbocycles. The molecule has 6 nitrogen and oxygen atoms in total. The van der Waals surface area contributed by atoms with Gasteiger partial charge in [0.2, 0.25) is 0 Å². The summed E-state index contributed by atoms with van der Waals surface area (Å²) in [6.07, 6.45) is 2.64. The van der Waals surface area contributed by atoms with E-state index in [-0.39, 0.29) is 12.1 Å². The Bertz CT molecular complexity index is 712. The van der Waals surface area contributed by atoms with Gasteiger partial charge in [0.15, 0.2) is 0 Å². The summed E-state index contributed by atoms with van der Waals surface area (Å²) >= 11 is 0. The van der Waals surface area contributed by atoms with E-state index in [0.29, 0.717) is 5.92 Å². The maximum Gasteiger partial charge on any atom is 0.319 e. The van der Waals surface area contributed by atoms with E-state index in [2.05, 4.69) is 51.8 Å². The summed E-state index contributed by atoms with van der Waals surface area (Å²) in [5, 5.41) is 10.4. The monoisotopic (exact) mass is 341 g/mol. The lowest BCUT2D eigenvalue weighted by Gasteiger charge is -2.17. The van der Waals surface area contributed by atoms with Crippen LogP contribution in [0.5, 0.6) is 0 Å². The van der Waals surface area contributed by atoms with Crippen LogP contribution in [0.4, 0.5) is 10.5 Å². The molecule has 0 aliphatic carbocycles. The fraction of sp³-hybridized carbons (Fsp3) is 0.474. The van der Waals surface area contributed by atoms with Gasteiger partial charge in [0.05, 0.1) is 11.4 Å². The molecule has 1 aliphatic rings. The van der Waals surface area contributed by atoms with Crippen LogP contribution in [0.2, 0.25) is 0 Å². The van der Waals surface area contributed by atoms with E-state index in [1.165, 1.54) is 5.56 Å². The van der Waals surface area contributed by atoms with Crippen LogP contribution in [0.15, 0.2) is 36.5 Å². The molecule has 0 unspecified atom stereocenters. The van der Waals surface area contributed by atoms with E-state index >= 15 is 0 Å². The molecule has 1 aliphatic heterocycles. The zero-order chi connectivity index (χ0) is 17.8. The highest BCUT2D eigenvalue weighted by molar-refractivity contribution is 5.90. The smallest absolute Gasteiger partial charge is 0.319 e. The molecule has 0 radical (unpaired) electrons. The molecule has 0 saturated carbocycles. The number of nitrogens with zero attached hydrogens (tertiary/aromatic N) is 3. The van der Waals surface area contributed by atoms with Gasteiger partial charge in [-0.25, -0.2) is 4.79 Å². The highest BCUT2D eigenvalue weighted by Gasteiger charge is 2.30. The molecule has 25 heavy (non-hydrogen) atoms. The Morgan fingerprint density at radius 3 is 2.76 bits per heavy atom. The van der Waals surface area contributed by atoms with Crippen molar-refractivity contribution in [3.05, 3.63) is 47.8 Å². The Balaban J connectivity index is 1.54. The largest absolute Gasteiger partial charge is 0.334 e. The van der Waals surface area contributed by atoms with Crippen molar-refractivity contribution in [2.75, 3.05) is 18.4 Å². The molecule has 3 rings (SSSR count). The minimum atomic E-state index is -0.152. The molecule has 1 saturated heterocycles. The highest BCUT2D eigenvalue weighted by Crippen LogP contribution is 2.19. The van der Waals surface area contributed by atoms with E-state index in [0.717, 1.165) is 37.4 Å². The number of hydrogen-bond acceptors (Lipinski definition) is 3. The fourth-order valence-electron chi connectivity index (χ4n) is 3.45. The second kappa shape index (κ2) is 7.70. The number of benzene rings is 1. The Hall–Kier alpha value is -2.34. The van der Waals surface area contributed by atoms with Crippen LogP contribution in [-0.4, -0.2) is 39.8 Å². The molecule has 6 heteroatoms. The number of carbonyl (C=O) groups excluding carboxylic acids is 1. The first-order valence-electron chi connectivity index (χ1n) is 8.91. The Kier molecular flexibility index (Phi) is 5.38. The Morgan fingerprint density at radius 1 is 1.28 bits per heavy atom. The number of anilines is 1. The zero-order valence-electron chi connectivity index (χ0n) is 15.2. The van der Waals surface area contributed by atoms with Crippen LogP contribution in [0, 0.1) is 5.92 Å². The molecule has 134 valence electrons. The van der Waals surface area contributed by atoms with Crippen molar-refractivity contribution in [2.24, 2.45) is 13.0 Å². The number of aromatic nitrogens is 2. The summed E-state index contributed by atoms with van der Waals surface area (Å²) in [6, 6.07) is 10.5. The number of nitrogens with one attached hydrogen (secondary N) is 2. The van der Waals surface area contributed by atoms with Crippen molar-refractivity contribution in [3.8, 4) is 0 Å². The van der Waals surface area contributed by atoms with Crippen LogP contribution >= 0.6 is 0 Å². The minimum Gasteiger partial charge on any atom is -0.334 e. The van der Waals surface area contributed by atoms with Crippen LogP contribution in [-0.2, 0) is 20.0 Å². The number of urea groups is 1. The van der Waals surface area contributed by atoms with Gasteiger partial charge in [-0.1, -0.05) is 44.2 Å². The van der Waals surface area contributed by atoms with E-state index in [9.17, 15) is 4.79 Å². The second-order valence-corrected chi connectivity index (χ2v) is 6.88. The van der Waals surface area contributed by atoms with Gasteiger partial charge in [0.25, 0.3) is 0 Å². The average molecular weight is 341 g/mol. The number of likely N-dealkylation sites (tertiary alicyclic amines) is 1. The molecule has 2 heterocycles. The molecular weight excluding hydrogens is 314 g/mol. The molecular formula is C19H27N5O. The van der Waals surface area contributed by atoms with Gasteiger partial charge < -0.3 is 10.6 Å². The number of aryl methyl sites for hydroxylation is 2. The van der Waals surface area contributed by atoms with Crippen LogP contribution < -0.4 is 10.6 Å². The predicted molar refractivity (Wildman–Crippen MR) is 99.4 cm³/mol. The lowest BCUT2D eigenvalue weighted by molar-refractivity contribution is 0.246. The summed E-state index contributed by atoms with van der Waals surface area (Å²) in [6.45, 7) is 7.01. The van der Waals surface area contributed by atoms with Gasteiger partial charge in [-0.2, -0.15) is 5.10 Å². The second-order valence-electron chi connectivity index (χ2n) is 6.88. The number of hydrogen-bond donors (Lipinski definition) is 2. The number of rotatable bonds is 5. The van der Waals surface area contributed by atoms with Crippen molar-refractivity contribution < 1.29 is 4.79 Å². The Labute approximate surface area is 149 Å². The first-order chi connectivity index (χ1) is 12.0. The first kappa shape index (κ1) is 17.5. The predicted octanol–water partition coefficient (Wildman–Crippen LogP) is 2.62. The summed E-state index contributed by atoms with van der Waals surface area (Å²) < 4.78 is 1.73. The Morgan fingerprint density at radius 2 is 2.04 bits per heavy atom. The molecule has 1 aromatic heterocycles. The average Bonchev–Trinajstić information content (AvgIpc) is 3.10. The van der Waals surface area contributed by atoms with E-state index in [1.807, 2.05) is 26.2 Å². The van der Waals surface area contributed by atoms with Gasteiger partial charge in [-0.15, -0.1) is 0 Å². The molecule has 2 N–H and O–H groups in total. The molecule has 2 amide bonds. The van der Waals surface area contributed by atoms with Crippen molar-refractivity contribution in [1.29, 1.82) is 0 Å². The number of amides is 2. The maximum absolute atomic E-state index is 12.4. The van der Waals surface area contributed by atoms with Gasteiger partial charge in [0.1, 0.15) is 0 Å². The van der Waals surface area contributed by atoms with Crippen molar-refractivity contribution >= 4 is 11.7 Å². The molecule has 2 atom stereocenters. The summed E-state index contributed by atoms with van der Waals surface area (Å²) in [5.74, 6) is 0.425. The van der Waals surface area contributed by atoms with Gasteiger partial charge in [-0.3, -0.25) is 9.58 Å². The van der Waals surface area contributed by atoms with E-state index in [1.54, 1.807) is 4.68 Å². The van der Waals surface area contributed by atoms with Crippen LogP contribution in [0.3, 0.4) is 0 Å². The van der Waals surface area contributed by atoms with Crippen LogP contribution in [0.25, 0.3) is 0 Å². The highest BCUT2D eigenvalue weighted by atomic mass is 16.2. The third-order valence-electron chi connectivity index (χ3n) is 4.74. The summed E-state index contributed by atoms with van der Waals surface area (Å²) in [4.78, 5) is 14.8. The summed E-state index contributed by atoms with van der Waals surface area (Å²) in [5.41, 5.74) is 3.00. The van der Waals surface area contributed by atoms with Crippen molar-refractivity contribution in [1.82, 2.24) is 20.0 Å². The van der Waals surface area contributed by atoms with E-state index < -0.39 is 0 Å². The zero-order valence-corrected chi connectivity index (χ0v) is 15.2.